The molecule has 1 aromatic carbocycles. The maximum atomic E-state index is 3.80. The molecule has 0 N–H and O–H groups in total. The van der Waals surface area contributed by atoms with E-state index in [4.69, 9.17) is 0 Å². The highest BCUT2D eigenvalue weighted by molar-refractivity contribution is 6.89. The molecule has 0 atom stereocenters. The smallest absolute Gasteiger partial charge is 0.122 e. The molecule has 0 fully saturated rings. The zero-order valence-electron chi connectivity index (χ0n) is 9.33. The summed E-state index contributed by atoms with van der Waals surface area (Å²) in [6.07, 6.45) is 3.94. The summed E-state index contributed by atoms with van der Waals surface area (Å²) in [5.74, 6) is 3.08. The van der Waals surface area contributed by atoms with Gasteiger partial charge in [-0.1, -0.05) is 55.0 Å². The van der Waals surface area contributed by atoms with Gasteiger partial charge >= 0.3 is 0 Å². The van der Waals surface area contributed by atoms with Gasteiger partial charge in [-0.25, -0.2) is 0 Å². The number of rotatable bonds is 2. The van der Waals surface area contributed by atoms with Crippen LogP contribution in [0.3, 0.4) is 0 Å². The molecule has 0 saturated heterocycles. The van der Waals surface area contributed by atoms with E-state index in [1.807, 2.05) is 36.1 Å². The topological polar surface area (TPSA) is 0 Å². The molecule has 0 aliphatic carbocycles. The predicted octanol–water partition coefficient (Wildman–Crippen LogP) is 3.68. The Balaban J connectivity index is 2.65. The van der Waals surface area contributed by atoms with E-state index < -0.39 is 8.07 Å². The third kappa shape index (κ3) is 4.48. The van der Waals surface area contributed by atoms with Gasteiger partial charge in [-0.2, -0.15) is 0 Å². The van der Waals surface area contributed by atoms with Gasteiger partial charge in [0.2, 0.25) is 0 Å². The van der Waals surface area contributed by atoms with Crippen LogP contribution in [0.1, 0.15) is 5.56 Å². The fraction of sp³-hybridized carbons (Fsp3) is 0.143. The summed E-state index contributed by atoms with van der Waals surface area (Å²) in [5.41, 5.74) is 6.44. The van der Waals surface area contributed by atoms with Crippen molar-refractivity contribution in [2.75, 3.05) is 0 Å². The van der Waals surface area contributed by atoms with E-state index >= 15 is 0 Å². The fourth-order valence-corrected chi connectivity index (χ4v) is 1.54. The Bertz CT molecular complexity index is 402. The molecule has 0 aliphatic heterocycles. The first-order valence-corrected chi connectivity index (χ1v) is 8.10. The summed E-state index contributed by atoms with van der Waals surface area (Å²) in [6, 6.07) is 10.2. The zero-order valence-corrected chi connectivity index (χ0v) is 10.3. The highest BCUT2D eigenvalue weighted by Gasteiger charge is 2.10. The van der Waals surface area contributed by atoms with Crippen molar-refractivity contribution in [2.45, 2.75) is 13.1 Å². The second-order valence-corrected chi connectivity index (χ2v) is 8.04. The first-order chi connectivity index (χ1) is 7.14. The normalized spacial score (nSPS) is 10.8. The highest BCUT2D eigenvalue weighted by atomic mass is 28.3. The molecule has 0 heterocycles. The van der Waals surface area contributed by atoms with E-state index in [1.54, 1.807) is 0 Å². The minimum Gasteiger partial charge on any atom is -0.122 e. The Hall–Kier alpha value is -1.52. The first kappa shape index (κ1) is 11.6. The maximum absolute atomic E-state index is 3.80. The van der Waals surface area contributed by atoms with Crippen LogP contribution >= 0.6 is 0 Å². The van der Waals surface area contributed by atoms with E-state index in [9.17, 15) is 0 Å². The summed E-state index contributed by atoms with van der Waals surface area (Å²) in [7, 11) is -1.46. The SMILES string of the molecule is C=C[Si](C)(C)C#C/C=C/c1ccccc1. The van der Waals surface area contributed by atoms with Gasteiger partial charge in [0.25, 0.3) is 0 Å². The van der Waals surface area contributed by atoms with Crippen molar-refractivity contribution in [2.24, 2.45) is 0 Å². The zero-order chi connectivity index (χ0) is 11.1. The number of hydrogen-bond donors (Lipinski definition) is 0. The standard InChI is InChI=1S/C14H16Si/c1-4-15(2,3)13-9-8-12-14-10-6-5-7-11-14/h4-8,10-12H,1H2,2-3H3/b12-8+. The predicted molar refractivity (Wildman–Crippen MR) is 70.9 cm³/mol. The molecule has 0 aromatic heterocycles. The van der Waals surface area contributed by atoms with Crippen molar-refractivity contribution < 1.29 is 0 Å². The monoisotopic (exact) mass is 212 g/mol. The molecule has 76 valence electrons. The van der Waals surface area contributed by atoms with Gasteiger partial charge in [-0.05, 0) is 17.7 Å². The van der Waals surface area contributed by atoms with Gasteiger partial charge in [0, 0.05) is 0 Å². The summed E-state index contributed by atoms with van der Waals surface area (Å²) in [6.45, 7) is 8.17. The average molecular weight is 212 g/mol. The Morgan fingerprint density at radius 3 is 2.47 bits per heavy atom. The number of hydrogen-bond acceptors (Lipinski definition) is 0. The van der Waals surface area contributed by atoms with Crippen LogP contribution in [-0.2, 0) is 0 Å². The summed E-state index contributed by atoms with van der Waals surface area (Å²) in [4.78, 5) is 0. The van der Waals surface area contributed by atoms with Gasteiger partial charge in [0.05, 0.1) is 0 Å². The molecular formula is C14H16Si. The van der Waals surface area contributed by atoms with Crippen LogP contribution in [-0.4, -0.2) is 8.07 Å². The highest BCUT2D eigenvalue weighted by Crippen LogP contribution is 2.01. The van der Waals surface area contributed by atoms with Crippen molar-refractivity contribution in [3.8, 4) is 11.5 Å². The van der Waals surface area contributed by atoms with Gasteiger partial charge in [0.1, 0.15) is 0 Å². The van der Waals surface area contributed by atoms with Crippen LogP contribution in [0.4, 0.5) is 0 Å². The van der Waals surface area contributed by atoms with E-state index in [2.05, 4.69) is 43.3 Å². The minimum absolute atomic E-state index is 1.19. The Morgan fingerprint density at radius 2 is 1.87 bits per heavy atom. The van der Waals surface area contributed by atoms with E-state index in [0.29, 0.717) is 0 Å². The van der Waals surface area contributed by atoms with Crippen LogP contribution in [0.5, 0.6) is 0 Å². The second kappa shape index (κ2) is 5.38. The molecule has 0 bridgehead atoms. The van der Waals surface area contributed by atoms with Crippen molar-refractivity contribution in [3.05, 3.63) is 54.2 Å². The molecule has 1 rings (SSSR count). The summed E-state index contributed by atoms with van der Waals surface area (Å²) < 4.78 is 0. The van der Waals surface area contributed by atoms with Crippen molar-refractivity contribution in [1.82, 2.24) is 0 Å². The van der Waals surface area contributed by atoms with Crippen LogP contribution in [0.25, 0.3) is 6.08 Å². The molecule has 0 aliphatic rings. The van der Waals surface area contributed by atoms with E-state index in [1.165, 1.54) is 5.56 Å². The molecule has 0 amide bonds. The molecule has 1 aromatic rings. The lowest BCUT2D eigenvalue weighted by Crippen LogP contribution is -2.18. The van der Waals surface area contributed by atoms with Crippen LogP contribution < -0.4 is 0 Å². The van der Waals surface area contributed by atoms with Gasteiger partial charge in [-0.3, -0.25) is 0 Å². The van der Waals surface area contributed by atoms with Crippen LogP contribution in [0.2, 0.25) is 13.1 Å². The average Bonchev–Trinajstić information content (AvgIpc) is 2.26. The van der Waals surface area contributed by atoms with Crippen molar-refractivity contribution >= 4 is 14.1 Å². The molecule has 0 unspecified atom stereocenters. The van der Waals surface area contributed by atoms with Gasteiger partial charge in [-0.15, -0.1) is 12.1 Å². The van der Waals surface area contributed by atoms with E-state index in [0.717, 1.165) is 0 Å². The van der Waals surface area contributed by atoms with Crippen LogP contribution in [0.15, 0.2) is 48.7 Å². The molecule has 0 spiro atoms. The molecule has 15 heavy (non-hydrogen) atoms. The Morgan fingerprint density at radius 1 is 1.20 bits per heavy atom. The second-order valence-electron chi connectivity index (χ2n) is 3.94. The van der Waals surface area contributed by atoms with Crippen LogP contribution in [0, 0.1) is 11.5 Å². The van der Waals surface area contributed by atoms with Gasteiger partial charge < -0.3 is 0 Å². The van der Waals surface area contributed by atoms with Gasteiger partial charge in [0.15, 0.2) is 8.07 Å². The Labute approximate surface area is 93.4 Å². The third-order valence-electron chi connectivity index (χ3n) is 2.06. The lowest BCUT2D eigenvalue weighted by Gasteiger charge is -2.04. The number of benzene rings is 1. The minimum atomic E-state index is -1.46. The molecule has 0 radical (unpaired) electrons. The maximum Gasteiger partial charge on any atom is 0.155 e. The Kier molecular flexibility index (Phi) is 4.14. The first-order valence-electron chi connectivity index (χ1n) is 5.02. The lowest BCUT2D eigenvalue weighted by molar-refractivity contribution is 1.66. The van der Waals surface area contributed by atoms with E-state index in [-0.39, 0.29) is 0 Å². The molecule has 0 nitrogen and oxygen atoms in total. The summed E-state index contributed by atoms with van der Waals surface area (Å²) >= 11 is 0. The summed E-state index contributed by atoms with van der Waals surface area (Å²) in [5, 5.41) is 0. The molecule has 1 heteroatoms. The molecular weight excluding hydrogens is 196 g/mol. The lowest BCUT2D eigenvalue weighted by atomic mass is 10.2. The largest absolute Gasteiger partial charge is 0.155 e. The molecule has 0 saturated carbocycles. The number of allylic oxidation sites excluding steroid dienone is 1. The van der Waals surface area contributed by atoms with Crippen molar-refractivity contribution in [3.63, 3.8) is 0 Å². The van der Waals surface area contributed by atoms with Crippen molar-refractivity contribution in [1.29, 1.82) is 0 Å². The quantitative estimate of drug-likeness (QED) is 0.518. The fourth-order valence-electron chi connectivity index (χ4n) is 0.981. The third-order valence-corrected chi connectivity index (χ3v) is 3.87.